The predicted molar refractivity (Wildman–Crippen MR) is 112 cm³/mol. The molecule has 0 saturated carbocycles. The molecule has 138 valence electrons. The average Bonchev–Trinajstić information content (AvgIpc) is 3.16. The first-order valence-electron chi connectivity index (χ1n) is 9.47. The molecule has 27 heavy (non-hydrogen) atoms. The van der Waals surface area contributed by atoms with Gasteiger partial charge < -0.3 is 15.5 Å². The SMILES string of the molecule is Cc1cccc(Nc2cc(C)nc(Nc3ccc(N4CCCC4)cc3)n2)c1. The summed E-state index contributed by atoms with van der Waals surface area (Å²) < 4.78 is 0. The fourth-order valence-corrected chi connectivity index (χ4v) is 3.42. The number of aromatic nitrogens is 2. The molecule has 0 atom stereocenters. The second-order valence-corrected chi connectivity index (χ2v) is 7.08. The van der Waals surface area contributed by atoms with Crippen LogP contribution in [0, 0.1) is 13.8 Å². The minimum atomic E-state index is 0.596. The third kappa shape index (κ3) is 4.37. The Kier molecular flexibility index (Phi) is 4.92. The van der Waals surface area contributed by atoms with Crippen LogP contribution in [0.25, 0.3) is 0 Å². The Morgan fingerprint density at radius 2 is 1.59 bits per heavy atom. The van der Waals surface area contributed by atoms with E-state index in [2.05, 4.69) is 68.8 Å². The lowest BCUT2D eigenvalue weighted by Gasteiger charge is -2.18. The van der Waals surface area contributed by atoms with E-state index >= 15 is 0 Å². The monoisotopic (exact) mass is 359 g/mol. The molecule has 3 aromatic rings. The van der Waals surface area contributed by atoms with Gasteiger partial charge in [0, 0.05) is 41.9 Å². The molecule has 0 radical (unpaired) electrons. The largest absolute Gasteiger partial charge is 0.372 e. The molecule has 1 saturated heterocycles. The first-order chi connectivity index (χ1) is 13.2. The molecule has 2 aromatic carbocycles. The summed E-state index contributed by atoms with van der Waals surface area (Å²) in [5.41, 5.74) is 5.42. The van der Waals surface area contributed by atoms with Crippen molar-refractivity contribution in [3.05, 3.63) is 65.9 Å². The summed E-state index contributed by atoms with van der Waals surface area (Å²) in [6.45, 7) is 6.36. The zero-order valence-electron chi connectivity index (χ0n) is 15.9. The van der Waals surface area contributed by atoms with Crippen molar-refractivity contribution in [3.63, 3.8) is 0 Å². The van der Waals surface area contributed by atoms with Crippen LogP contribution >= 0.6 is 0 Å². The van der Waals surface area contributed by atoms with Gasteiger partial charge in [-0.2, -0.15) is 4.98 Å². The van der Waals surface area contributed by atoms with Crippen molar-refractivity contribution in [3.8, 4) is 0 Å². The molecule has 5 heteroatoms. The van der Waals surface area contributed by atoms with Gasteiger partial charge in [-0.3, -0.25) is 0 Å². The van der Waals surface area contributed by atoms with Gasteiger partial charge in [0.25, 0.3) is 0 Å². The minimum Gasteiger partial charge on any atom is -0.372 e. The summed E-state index contributed by atoms with van der Waals surface area (Å²) in [5.74, 6) is 1.38. The van der Waals surface area contributed by atoms with E-state index in [9.17, 15) is 0 Å². The van der Waals surface area contributed by atoms with Gasteiger partial charge in [0.05, 0.1) is 0 Å². The number of anilines is 5. The van der Waals surface area contributed by atoms with Crippen molar-refractivity contribution in [1.29, 1.82) is 0 Å². The second-order valence-electron chi connectivity index (χ2n) is 7.08. The third-order valence-corrected chi connectivity index (χ3v) is 4.74. The molecule has 0 amide bonds. The number of hydrogen-bond acceptors (Lipinski definition) is 5. The summed E-state index contributed by atoms with van der Waals surface area (Å²) >= 11 is 0. The topological polar surface area (TPSA) is 53.1 Å². The van der Waals surface area contributed by atoms with Crippen molar-refractivity contribution >= 4 is 28.8 Å². The number of aryl methyl sites for hydroxylation is 2. The van der Waals surface area contributed by atoms with Crippen molar-refractivity contribution in [2.45, 2.75) is 26.7 Å². The van der Waals surface area contributed by atoms with E-state index in [1.54, 1.807) is 0 Å². The van der Waals surface area contributed by atoms with Crippen molar-refractivity contribution in [2.24, 2.45) is 0 Å². The van der Waals surface area contributed by atoms with Gasteiger partial charge in [-0.1, -0.05) is 12.1 Å². The van der Waals surface area contributed by atoms with E-state index in [1.165, 1.54) is 24.1 Å². The Morgan fingerprint density at radius 3 is 2.33 bits per heavy atom. The molecule has 1 aromatic heterocycles. The Morgan fingerprint density at radius 1 is 0.815 bits per heavy atom. The summed E-state index contributed by atoms with van der Waals surface area (Å²) in [4.78, 5) is 11.6. The zero-order chi connectivity index (χ0) is 18.6. The van der Waals surface area contributed by atoms with E-state index in [0.717, 1.165) is 36.0 Å². The smallest absolute Gasteiger partial charge is 0.229 e. The molecular formula is C22H25N5. The lowest BCUT2D eigenvalue weighted by molar-refractivity contribution is 0.949. The lowest BCUT2D eigenvalue weighted by Crippen LogP contribution is -2.17. The quantitative estimate of drug-likeness (QED) is 0.657. The van der Waals surface area contributed by atoms with Crippen LogP contribution in [-0.4, -0.2) is 23.1 Å². The van der Waals surface area contributed by atoms with Gasteiger partial charge in [0.1, 0.15) is 5.82 Å². The highest BCUT2D eigenvalue weighted by molar-refractivity contribution is 5.62. The standard InChI is InChI=1S/C22H25N5/c1-16-6-5-7-19(14-16)24-21-15-17(2)23-22(26-21)25-18-8-10-20(11-9-18)27-12-3-4-13-27/h5-11,14-15H,3-4,12-13H2,1-2H3,(H2,23,24,25,26). The maximum absolute atomic E-state index is 4.61. The first-order valence-corrected chi connectivity index (χ1v) is 9.47. The molecule has 2 heterocycles. The van der Waals surface area contributed by atoms with Crippen LogP contribution in [0.1, 0.15) is 24.1 Å². The van der Waals surface area contributed by atoms with E-state index in [-0.39, 0.29) is 0 Å². The van der Waals surface area contributed by atoms with Gasteiger partial charge in [0.15, 0.2) is 0 Å². The first kappa shape index (κ1) is 17.3. The molecule has 5 nitrogen and oxygen atoms in total. The number of rotatable bonds is 5. The zero-order valence-corrected chi connectivity index (χ0v) is 15.9. The molecule has 1 fully saturated rings. The second kappa shape index (κ2) is 7.66. The maximum atomic E-state index is 4.61. The average molecular weight is 359 g/mol. The van der Waals surface area contributed by atoms with Crippen molar-refractivity contribution in [1.82, 2.24) is 9.97 Å². The van der Waals surface area contributed by atoms with Crippen LogP contribution < -0.4 is 15.5 Å². The molecule has 0 aliphatic carbocycles. The molecular weight excluding hydrogens is 334 g/mol. The minimum absolute atomic E-state index is 0.596. The molecule has 0 spiro atoms. The lowest BCUT2D eigenvalue weighted by atomic mass is 10.2. The van der Waals surface area contributed by atoms with Gasteiger partial charge in [0.2, 0.25) is 5.95 Å². The molecule has 1 aliphatic rings. The molecule has 0 unspecified atom stereocenters. The van der Waals surface area contributed by atoms with Crippen molar-refractivity contribution < 1.29 is 0 Å². The van der Waals surface area contributed by atoms with Gasteiger partial charge in [-0.15, -0.1) is 0 Å². The van der Waals surface area contributed by atoms with Crippen LogP contribution in [0.2, 0.25) is 0 Å². The van der Waals surface area contributed by atoms with Crippen LogP contribution in [-0.2, 0) is 0 Å². The summed E-state index contributed by atoms with van der Waals surface area (Å²) in [5, 5.41) is 6.68. The highest BCUT2D eigenvalue weighted by Crippen LogP contribution is 2.24. The fourth-order valence-electron chi connectivity index (χ4n) is 3.42. The Hall–Kier alpha value is -3.08. The fraction of sp³-hybridized carbons (Fsp3) is 0.273. The van der Waals surface area contributed by atoms with E-state index in [0.29, 0.717) is 5.95 Å². The van der Waals surface area contributed by atoms with Gasteiger partial charge in [-0.05, 0) is 68.7 Å². The predicted octanol–water partition coefficient (Wildman–Crippen LogP) is 5.18. The molecule has 1 aliphatic heterocycles. The van der Waals surface area contributed by atoms with E-state index in [1.807, 2.05) is 25.1 Å². The number of hydrogen-bond donors (Lipinski definition) is 2. The van der Waals surface area contributed by atoms with Crippen LogP contribution in [0.5, 0.6) is 0 Å². The Balaban J connectivity index is 1.49. The molecule has 0 bridgehead atoms. The third-order valence-electron chi connectivity index (χ3n) is 4.74. The van der Waals surface area contributed by atoms with Gasteiger partial charge in [-0.25, -0.2) is 4.98 Å². The van der Waals surface area contributed by atoms with E-state index in [4.69, 9.17) is 0 Å². The summed E-state index contributed by atoms with van der Waals surface area (Å²) in [6.07, 6.45) is 2.57. The van der Waals surface area contributed by atoms with Crippen molar-refractivity contribution in [2.75, 3.05) is 28.6 Å². The molecule has 2 N–H and O–H groups in total. The maximum Gasteiger partial charge on any atom is 0.229 e. The van der Waals surface area contributed by atoms with E-state index < -0.39 is 0 Å². The number of nitrogens with zero attached hydrogens (tertiary/aromatic N) is 3. The Bertz CT molecular complexity index is 914. The summed E-state index contributed by atoms with van der Waals surface area (Å²) in [7, 11) is 0. The van der Waals surface area contributed by atoms with Crippen LogP contribution in [0.15, 0.2) is 54.6 Å². The Labute approximate surface area is 160 Å². The normalized spacial score (nSPS) is 13.6. The van der Waals surface area contributed by atoms with Crippen LogP contribution in [0.4, 0.5) is 28.8 Å². The highest BCUT2D eigenvalue weighted by atomic mass is 15.2. The number of benzene rings is 2. The summed E-state index contributed by atoms with van der Waals surface area (Å²) in [6, 6.07) is 18.7. The number of nitrogens with one attached hydrogen (secondary N) is 2. The molecule has 4 rings (SSSR count). The highest BCUT2D eigenvalue weighted by Gasteiger charge is 2.12. The van der Waals surface area contributed by atoms with Gasteiger partial charge >= 0.3 is 0 Å². The van der Waals surface area contributed by atoms with Crippen LogP contribution in [0.3, 0.4) is 0 Å².